The molecule has 138 valence electrons. The lowest BCUT2D eigenvalue weighted by Crippen LogP contribution is -2.45. The first kappa shape index (κ1) is 18.7. The molecule has 8 nitrogen and oxygen atoms in total. The summed E-state index contributed by atoms with van der Waals surface area (Å²) < 4.78 is 1.80. The fraction of sp³-hybridized carbons (Fsp3) is 0.438. The molecule has 0 spiro atoms. The number of nitrogens with zero attached hydrogens (tertiary/aromatic N) is 4. The number of hydrogen-bond acceptors (Lipinski definition) is 6. The Morgan fingerprint density at radius 2 is 2.08 bits per heavy atom. The molecule has 2 aromatic rings. The maximum atomic E-state index is 12.3. The van der Waals surface area contributed by atoms with Gasteiger partial charge in [0.25, 0.3) is 11.8 Å². The van der Waals surface area contributed by atoms with Crippen LogP contribution in [0.25, 0.3) is 0 Å². The summed E-state index contributed by atoms with van der Waals surface area (Å²) in [5.74, 6) is -0.778. The van der Waals surface area contributed by atoms with Crippen LogP contribution in [0, 0.1) is 0 Å². The van der Waals surface area contributed by atoms with Gasteiger partial charge in [0.15, 0.2) is 0 Å². The molecular formula is C16H19ClN6O2S. The molecule has 1 aliphatic carbocycles. The summed E-state index contributed by atoms with van der Waals surface area (Å²) in [6.07, 6.45) is 4.43. The first-order chi connectivity index (χ1) is 12.5. The largest absolute Gasteiger partial charge is 0.272 e. The smallest absolute Gasteiger partial charge is 0.269 e. The van der Waals surface area contributed by atoms with Crippen molar-refractivity contribution in [1.82, 2.24) is 31.1 Å². The highest BCUT2D eigenvalue weighted by molar-refractivity contribution is 8.00. The number of benzene rings is 1. The molecule has 1 fully saturated rings. The molecule has 0 bridgehead atoms. The average molecular weight is 395 g/mol. The van der Waals surface area contributed by atoms with Gasteiger partial charge in [-0.05, 0) is 48.4 Å². The Morgan fingerprint density at radius 3 is 2.81 bits per heavy atom. The predicted molar refractivity (Wildman–Crippen MR) is 97.7 cm³/mol. The molecule has 10 heteroatoms. The zero-order chi connectivity index (χ0) is 18.5. The summed E-state index contributed by atoms with van der Waals surface area (Å²) in [4.78, 5) is 24.3. The summed E-state index contributed by atoms with van der Waals surface area (Å²) in [5, 5.41) is 12.4. The molecule has 0 unspecified atom stereocenters. The number of rotatable bonds is 5. The third-order valence-corrected chi connectivity index (χ3v) is 5.45. The van der Waals surface area contributed by atoms with Crippen LogP contribution in [0.3, 0.4) is 0 Å². The third kappa shape index (κ3) is 4.53. The van der Waals surface area contributed by atoms with Crippen LogP contribution in [0.5, 0.6) is 0 Å². The van der Waals surface area contributed by atoms with Gasteiger partial charge in [-0.1, -0.05) is 42.3 Å². The highest BCUT2D eigenvalue weighted by atomic mass is 35.5. The lowest BCUT2D eigenvalue weighted by molar-refractivity contribution is -0.121. The van der Waals surface area contributed by atoms with E-state index in [0.717, 1.165) is 12.8 Å². The van der Waals surface area contributed by atoms with Gasteiger partial charge in [0, 0.05) is 10.6 Å². The second kappa shape index (κ2) is 8.50. The van der Waals surface area contributed by atoms with Crippen LogP contribution < -0.4 is 10.9 Å². The molecule has 26 heavy (non-hydrogen) atoms. The Balaban J connectivity index is 1.54. The van der Waals surface area contributed by atoms with Crippen molar-refractivity contribution >= 4 is 35.2 Å². The first-order valence-electron chi connectivity index (χ1n) is 8.35. The van der Waals surface area contributed by atoms with Gasteiger partial charge in [0.05, 0.1) is 11.3 Å². The molecule has 1 heterocycles. The number of hydrogen-bond donors (Lipinski definition) is 2. The van der Waals surface area contributed by atoms with Gasteiger partial charge in [-0.25, -0.2) is 4.68 Å². The molecule has 0 saturated heterocycles. The van der Waals surface area contributed by atoms with E-state index >= 15 is 0 Å². The standard InChI is InChI=1S/C16H19ClN6O2S/c1-10(26-16-20-21-22-23(16)13-7-2-3-8-13)14(24)18-19-15(25)11-5-4-6-12(17)9-11/h4-6,9-10,13H,2-3,7-8H2,1H3,(H,18,24)(H,19,25)/t10-/m0/s1. The van der Waals surface area contributed by atoms with Crippen LogP contribution in [-0.2, 0) is 4.79 Å². The first-order valence-corrected chi connectivity index (χ1v) is 9.60. The topological polar surface area (TPSA) is 102 Å². The summed E-state index contributed by atoms with van der Waals surface area (Å²) in [6.45, 7) is 1.74. The quantitative estimate of drug-likeness (QED) is 0.596. The fourth-order valence-corrected chi connectivity index (χ4v) is 3.82. The van der Waals surface area contributed by atoms with Gasteiger partial charge in [0.2, 0.25) is 5.16 Å². The minimum Gasteiger partial charge on any atom is -0.272 e. The van der Waals surface area contributed by atoms with Crippen molar-refractivity contribution in [2.75, 3.05) is 0 Å². The number of nitrogens with one attached hydrogen (secondary N) is 2. The Kier molecular flexibility index (Phi) is 6.10. The van der Waals surface area contributed by atoms with E-state index in [4.69, 9.17) is 11.6 Å². The maximum absolute atomic E-state index is 12.3. The van der Waals surface area contributed by atoms with E-state index in [-0.39, 0.29) is 5.91 Å². The summed E-state index contributed by atoms with van der Waals surface area (Å²) >= 11 is 7.12. The zero-order valence-corrected chi connectivity index (χ0v) is 15.8. The number of amides is 2. The summed E-state index contributed by atoms with van der Waals surface area (Å²) in [5.41, 5.74) is 5.17. The van der Waals surface area contributed by atoms with Crippen molar-refractivity contribution in [3.05, 3.63) is 34.9 Å². The molecule has 2 amide bonds. The fourth-order valence-electron chi connectivity index (χ4n) is 2.77. The van der Waals surface area contributed by atoms with Crippen molar-refractivity contribution in [3.63, 3.8) is 0 Å². The van der Waals surface area contributed by atoms with Crippen LogP contribution in [-0.4, -0.2) is 37.3 Å². The van der Waals surface area contributed by atoms with Gasteiger partial charge in [0.1, 0.15) is 0 Å². The number of aromatic nitrogens is 4. The molecule has 3 rings (SSSR count). The van der Waals surface area contributed by atoms with Crippen molar-refractivity contribution in [1.29, 1.82) is 0 Å². The Bertz CT molecular complexity index is 793. The highest BCUT2D eigenvalue weighted by Gasteiger charge is 2.24. The number of thioether (sulfide) groups is 1. The molecule has 1 aliphatic rings. The lowest BCUT2D eigenvalue weighted by Gasteiger charge is -2.14. The van der Waals surface area contributed by atoms with Crippen molar-refractivity contribution in [3.8, 4) is 0 Å². The highest BCUT2D eigenvalue weighted by Crippen LogP contribution is 2.32. The number of carbonyl (C=O) groups excluding carboxylic acids is 2. The van der Waals surface area contributed by atoms with Gasteiger partial charge in [-0.2, -0.15) is 0 Å². The lowest BCUT2D eigenvalue weighted by atomic mass is 10.2. The Hall–Kier alpha value is -2.13. The van der Waals surface area contributed by atoms with Crippen LogP contribution in [0.2, 0.25) is 5.02 Å². The molecule has 1 saturated carbocycles. The molecule has 0 radical (unpaired) electrons. The monoisotopic (exact) mass is 394 g/mol. The van der Waals surface area contributed by atoms with Crippen molar-refractivity contribution in [2.24, 2.45) is 0 Å². The molecule has 1 aromatic carbocycles. The second-order valence-electron chi connectivity index (χ2n) is 6.06. The van der Waals surface area contributed by atoms with Gasteiger partial charge in [-0.15, -0.1) is 5.10 Å². The summed E-state index contributed by atoms with van der Waals surface area (Å²) in [7, 11) is 0. The minimum atomic E-state index is -0.471. The molecule has 2 N–H and O–H groups in total. The van der Waals surface area contributed by atoms with Crippen molar-refractivity contribution in [2.45, 2.75) is 49.1 Å². The van der Waals surface area contributed by atoms with E-state index in [1.807, 2.05) is 0 Å². The maximum Gasteiger partial charge on any atom is 0.269 e. The van der Waals surface area contributed by atoms with Crippen LogP contribution in [0.1, 0.15) is 49.0 Å². The van der Waals surface area contributed by atoms with E-state index in [9.17, 15) is 9.59 Å². The zero-order valence-electron chi connectivity index (χ0n) is 14.2. The van der Waals surface area contributed by atoms with Crippen LogP contribution >= 0.6 is 23.4 Å². The van der Waals surface area contributed by atoms with Crippen LogP contribution in [0.15, 0.2) is 29.4 Å². The number of halogens is 1. The molecular weight excluding hydrogens is 376 g/mol. The van der Waals surface area contributed by atoms with E-state index in [2.05, 4.69) is 26.4 Å². The Morgan fingerprint density at radius 1 is 1.31 bits per heavy atom. The van der Waals surface area contributed by atoms with Gasteiger partial charge in [-0.3, -0.25) is 20.4 Å². The molecule has 1 atom stereocenters. The molecule has 1 aromatic heterocycles. The van der Waals surface area contributed by atoms with E-state index in [1.54, 1.807) is 29.8 Å². The normalized spacial score (nSPS) is 15.6. The molecule has 0 aliphatic heterocycles. The van der Waals surface area contributed by atoms with Crippen LogP contribution in [0.4, 0.5) is 0 Å². The van der Waals surface area contributed by atoms with E-state index in [0.29, 0.717) is 21.8 Å². The third-order valence-electron chi connectivity index (χ3n) is 4.17. The Labute approximate surface area is 160 Å². The van der Waals surface area contributed by atoms with Gasteiger partial charge >= 0.3 is 0 Å². The SMILES string of the molecule is C[C@H](Sc1nnnn1C1CCCC1)C(=O)NNC(=O)c1cccc(Cl)c1. The number of hydrazine groups is 1. The number of carbonyl (C=O) groups is 2. The predicted octanol–water partition coefficient (Wildman–Crippen LogP) is 2.38. The van der Waals surface area contributed by atoms with Crippen molar-refractivity contribution < 1.29 is 9.59 Å². The van der Waals surface area contributed by atoms with Gasteiger partial charge < -0.3 is 0 Å². The second-order valence-corrected chi connectivity index (χ2v) is 7.80. The number of tetrazole rings is 1. The van der Waals surface area contributed by atoms with E-state index in [1.165, 1.54) is 30.7 Å². The summed E-state index contributed by atoms with van der Waals surface area (Å²) in [6, 6.07) is 6.77. The minimum absolute atomic E-state index is 0.297. The average Bonchev–Trinajstić information content (AvgIpc) is 3.30. The van der Waals surface area contributed by atoms with E-state index < -0.39 is 11.2 Å².